The average Bonchev–Trinajstić information content (AvgIpc) is 2.93. The molecule has 0 bridgehead atoms. The Morgan fingerprint density at radius 3 is 2.26 bits per heavy atom. The smallest absolute Gasteiger partial charge is 0.259 e. The highest BCUT2D eigenvalue weighted by atomic mass is 16.5. The predicted octanol–water partition coefficient (Wildman–Crippen LogP) is 6.67. The summed E-state index contributed by atoms with van der Waals surface area (Å²) in [5, 5.41) is 13.3. The van der Waals surface area contributed by atoms with E-state index in [0.717, 1.165) is 29.8 Å². The number of carbonyl (C=O) groups excluding carboxylic acids is 1. The topological polar surface area (TPSA) is 74.6 Å². The minimum atomic E-state index is -0.666. The summed E-state index contributed by atoms with van der Waals surface area (Å²) in [5.74, 6) is 0.928. The van der Waals surface area contributed by atoms with E-state index in [1.54, 1.807) is 13.2 Å². The fraction of sp³-hybridized carbons (Fsp3) is 0.375. The minimum Gasteiger partial charge on any atom is -0.496 e. The van der Waals surface area contributed by atoms with Crippen LogP contribution < -0.4 is 14.8 Å². The van der Waals surface area contributed by atoms with Crippen LogP contribution in [-0.4, -0.2) is 43.2 Å². The average molecular weight is 512 g/mol. The van der Waals surface area contributed by atoms with Crippen LogP contribution in [0.15, 0.2) is 66.7 Å². The third-order valence-electron chi connectivity index (χ3n) is 7.26. The van der Waals surface area contributed by atoms with Gasteiger partial charge in [-0.3, -0.25) is 4.79 Å². The summed E-state index contributed by atoms with van der Waals surface area (Å²) >= 11 is 0. The van der Waals surface area contributed by atoms with E-state index in [4.69, 9.17) is 9.47 Å². The van der Waals surface area contributed by atoms with Crippen molar-refractivity contribution in [3.05, 3.63) is 77.9 Å². The van der Waals surface area contributed by atoms with Gasteiger partial charge in [-0.05, 0) is 82.0 Å². The van der Waals surface area contributed by atoms with Crippen molar-refractivity contribution < 1.29 is 14.3 Å². The van der Waals surface area contributed by atoms with Crippen LogP contribution >= 0.6 is 0 Å². The molecule has 1 saturated heterocycles. The van der Waals surface area contributed by atoms with Crippen LogP contribution in [0.2, 0.25) is 0 Å². The molecule has 1 N–H and O–H groups in total. The van der Waals surface area contributed by atoms with Crippen molar-refractivity contribution in [2.75, 3.05) is 25.5 Å². The van der Waals surface area contributed by atoms with Crippen LogP contribution in [0.5, 0.6) is 11.5 Å². The van der Waals surface area contributed by atoms with Crippen molar-refractivity contribution in [1.82, 2.24) is 4.90 Å². The van der Waals surface area contributed by atoms with Crippen molar-refractivity contribution >= 4 is 11.6 Å². The van der Waals surface area contributed by atoms with Gasteiger partial charge in [-0.2, -0.15) is 5.26 Å². The number of carbonyl (C=O) groups is 1. The quantitative estimate of drug-likeness (QED) is 0.366. The molecule has 1 aliphatic heterocycles. The zero-order chi connectivity index (χ0) is 27.3. The summed E-state index contributed by atoms with van der Waals surface area (Å²) in [7, 11) is 1.62. The van der Waals surface area contributed by atoms with E-state index in [0.29, 0.717) is 41.6 Å². The van der Waals surface area contributed by atoms with Gasteiger partial charge >= 0.3 is 0 Å². The lowest BCUT2D eigenvalue weighted by atomic mass is 9.73. The van der Waals surface area contributed by atoms with Gasteiger partial charge in [0.25, 0.3) is 5.91 Å². The first-order valence-corrected chi connectivity index (χ1v) is 13.3. The maximum absolute atomic E-state index is 13.5. The van der Waals surface area contributed by atoms with Gasteiger partial charge in [0.15, 0.2) is 0 Å². The normalized spacial score (nSPS) is 15.2. The molecule has 38 heavy (non-hydrogen) atoms. The first-order chi connectivity index (χ1) is 18.3. The maximum Gasteiger partial charge on any atom is 0.259 e. The molecule has 1 amide bonds. The Morgan fingerprint density at radius 1 is 0.947 bits per heavy atom. The van der Waals surface area contributed by atoms with E-state index in [-0.39, 0.29) is 12.0 Å². The number of ether oxygens (including phenoxy) is 2. The number of hydrogen-bond acceptors (Lipinski definition) is 5. The number of methoxy groups -OCH3 is 1. The van der Waals surface area contributed by atoms with Crippen molar-refractivity contribution in [3.63, 3.8) is 0 Å². The minimum absolute atomic E-state index is 0.0904. The molecule has 3 aromatic rings. The molecule has 4 rings (SSSR count). The second-order valence-electron chi connectivity index (χ2n) is 10.4. The van der Waals surface area contributed by atoms with Crippen LogP contribution in [0.1, 0.15) is 56.5 Å². The Morgan fingerprint density at radius 2 is 1.66 bits per heavy atom. The van der Waals surface area contributed by atoms with Crippen molar-refractivity contribution in [1.29, 1.82) is 5.26 Å². The highest BCUT2D eigenvalue weighted by Gasteiger charge is 2.39. The molecule has 3 aromatic carbocycles. The number of anilines is 1. The van der Waals surface area contributed by atoms with Gasteiger partial charge in [0.2, 0.25) is 0 Å². The number of piperidine rings is 1. The molecular formula is C32H37N3O3. The third-order valence-corrected chi connectivity index (χ3v) is 7.26. The Kier molecular flexibility index (Phi) is 8.38. The third kappa shape index (κ3) is 5.84. The Balaban J connectivity index is 1.63. The van der Waals surface area contributed by atoms with Gasteiger partial charge in [0.1, 0.15) is 11.5 Å². The molecule has 198 valence electrons. The van der Waals surface area contributed by atoms with Crippen LogP contribution in [0.25, 0.3) is 11.1 Å². The number of likely N-dealkylation sites (tertiary alicyclic amines) is 1. The summed E-state index contributed by atoms with van der Waals surface area (Å²) < 4.78 is 11.7. The monoisotopic (exact) mass is 511 g/mol. The van der Waals surface area contributed by atoms with Crippen LogP contribution in [0.3, 0.4) is 0 Å². The van der Waals surface area contributed by atoms with Crippen LogP contribution in [0, 0.1) is 11.3 Å². The molecule has 0 radical (unpaired) electrons. The SMILES string of the molecule is COc1ccc(NC(=O)c2ccc(-c3ccccc3)cc2OC(C)C)cc1C1(C#N)CCN(C(C)C)CC1. The van der Waals surface area contributed by atoms with Crippen molar-refractivity contribution in [3.8, 4) is 28.7 Å². The van der Waals surface area contributed by atoms with E-state index in [2.05, 4.69) is 30.1 Å². The highest BCUT2D eigenvalue weighted by Crippen LogP contribution is 2.41. The molecule has 0 spiro atoms. The first kappa shape index (κ1) is 27.2. The molecule has 1 heterocycles. The van der Waals surface area contributed by atoms with Crippen molar-refractivity contribution in [2.24, 2.45) is 0 Å². The van der Waals surface area contributed by atoms with Gasteiger partial charge in [0.05, 0.1) is 30.3 Å². The lowest BCUT2D eigenvalue weighted by Gasteiger charge is -2.40. The largest absolute Gasteiger partial charge is 0.496 e. The lowest BCUT2D eigenvalue weighted by molar-refractivity contribution is 0.102. The summed E-state index contributed by atoms with van der Waals surface area (Å²) in [6.07, 6.45) is 1.33. The highest BCUT2D eigenvalue weighted by molar-refractivity contribution is 6.06. The van der Waals surface area contributed by atoms with Gasteiger partial charge in [-0.1, -0.05) is 36.4 Å². The Labute approximate surface area is 226 Å². The van der Waals surface area contributed by atoms with Gasteiger partial charge in [0, 0.05) is 30.4 Å². The van der Waals surface area contributed by atoms with E-state index in [9.17, 15) is 10.1 Å². The number of nitrogens with zero attached hydrogens (tertiary/aromatic N) is 2. The van der Waals surface area contributed by atoms with Gasteiger partial charge in [-0.25, -0.2) is 0 Å². The molecule has 0 aromatic heterocycles. The zero-order valence-corrected chi connectivity index (χ0v) is 23.0. The molecule has 6 heteroatoms. The fourth-order valence-electron chi connectivity index (χ4n) is 5.09. The van der Waals surface area contributed by atoms with E-state index >= 15 is 0 Å². The van der Waals surface area contributed by atoms with Gasteiger partial charge in [-0.15, -0.1) is 0 Å². The number of amides is 1. The number of nitriles is 1. The number of nitrogens with one attached hydrogen (secondary N) is 1. The van der Waals surface area contributed by atoms with Crippen molar-refractivity contribution in [2.45, 2.75) is 58.1 Å². The number of hydrogen-bond donors (Lipinski definition) is 1. The Bertz CT molecular complexity index is 1300. The van der Waals surface area contributed by atoms with E-state index in [1.807, 2.05) is 74.5 Å². The summed E-state index contributed by atoms with van der Waals surface area (Å²) in [6, 6.07) is 24.2. The molecule has 0 atom stereocenters. The second-order valence-corrected chi connectivity index (χ2v) is 10.4. The standard InChI is InChI=1S/C32H37N3O3/c1-22(2)35-17-15-32(21-33,16-18-35)28-20-26(12-14-29(28)37-5)34-31(36)27-13-11-25(19-30(27)38-23(3)4)24-9-7-6-8-10-24/h6-14,19-20,22-23H,15-18H2,1-5H3,(H,34,36). The Hall–Kier alpha value is -3.82. The molecule has 0 aliphatic carbocycles. The predicted molar refractivity (Wildman–Crippen MR) is 152 cm³/mol. The van der Waals surface area contributed by atoms with E-state index in [1.165, 1.54) is 0 Å². The maximum atomic E-state index is 13.5. The van der Waals surface area contributed by atoms with E-state index < -0.39 is 5.41 Å². The molecule has 6 nitrogen and oxygen atoms in total. The lowest BCUT2D eigenvalue weighted by Crippen LogP contribution is -2.44. The molecule has 1 fully saturated rings. The molecule has 1 aliphatic rings. The summed E-state index contributed by atoms with van der Waals surface area (Å²) in [6.45, 7) is 9.93. The molecule has 0 saturated carbocycles. The second kappa shape index (κ2) is 11.7. The zero-order valence-electron chi connectivity index (χ0n) is 23.0. The van der Waals surface area contributed by atoms with Gasteiger partial charge < -0.3 is 19.7 Å². The van der Waals surface area contributed by atoms with Crippen LogP contribution in [-0.2, 0) is 5.41 Å². The number of rotatable bonds is 8. The molecular weight excluding hydrogens is 474 g/mol. The fourth-order valence-corrected chi connectivity index (χ4v) is 5.09. The molecule has 0 unspecified atom stereocenters. The summed E-state index contributed by atoms with van der Waals surface area (Å²) in [5.41, 5.74) is 3.26. The summed E-state index contributed by atoms with van der Waals surface area (Å²) in [4.78, 5) is 15.9. The van der Waals surface area contributed by atoms with Crippen LogP contribution in [0.4, 0.5) is 5.69 Å². The number of benzene rings is 3. The first-order valence-electron chi connectivity index (χ1n) is 13.3.